The molecule has 0 saturated carbocycles. The summed E-state index contributed by atoms with van der Waals surface area (Å²) in [5.74, 6) is 0.187. The Morgan fingerprint density at radius 2 is 1.78 bits per heavy atom. The molecule has 0 aliphatic carbocycles. The SMILES string of the molecule is CCN(CC(=O)Nc1ccccc1OC)C(=O)COc1ccccc1C#N. The molecular weight excluding hydrogens is 346 g/mol. The van der Waals surface area contributed by atoms with Gasteiger partial charge >= 0.3 is 0 Å². The summed E-state index contributed by atoms with van der Waals surface area (Å²) in [4.78, 5) is 26.0. The molecule has 0 aromatic heterocycles. The lowest BCUT2D eigenvalue weighted by Gasteiger charge is -2.21. The minimum absolute atomic E-state index is 0.114. The fourth-order valence-corrected chi connectivity index (χ4v) is 2.40. The number of hydrogen-bond acceptors (Lipinski definition) is 5. The van der Waals surface area contributed by atoms with Crippen LogP contribution in [0.25, 0.3) is 0 Å². The molecule has 0 radical (unpaired) electrons. The van der Waals surface area contributed by atoms with Crippen molar-refractivity contribution < 1.29 is 19.1 Å². The molecule has 0 heterocycles. The van der Waals surface area contributed by atoms with Gasteiger partial charge < -0.3 is 19.7 Å². The summed E-state index contributed by atoms with van der Waals surface area (Å²) in [5.41, 5.74) is 0.884. The molecule has 0 atom stereocenters. The van der Waals surface area contributed by atoms with Gasteiger partial charge in [0.15, 0.2) is 6.61 Å². The lowest BCUT2D eigenvalue weighted by atomic mass is 10.2. The summed E-state index contributed by atoms with van der Waals surface area (Å²) in [6, 6.07) is 15.7. The van der Waals surface area contributed by atoms with Gasteiger partial charge in [-0.3, -0.25) is 9.59 Å². The van der Waals surface area contributed by atoms with Gasteiger partial charge in [0.1, 0.15) is 17.6 Å². The fourth-order valence-electron chi connectivity index (χ4n) is 2.40. The molecule has 0 bridgehead atoms. The van der Waals surface area contributed by atoms with Crippen molar-refractivity contribution in [1.82, 2.24) is 4.90 Å². The summed E-state index contributed by atoms with van der Waals surface area (Å²) in [5, 5.41) is 11.8. The van der Waals surface area contributed by atoms with Gasteiger partial charge in [0.25, 0.3) is 5.91 Å². The topological polar surface area (TPSA) is 91.7 Å². The van der Waals surface area contributed by atoms with Gasteiger partial charge in [-0.05, 0) is 31.2 Å². The number of likely N-dealkylation sites (N-methyl/N-ethyl adjacent to an activating group) is 1. The Morgan fingerprint density at radius 1 is 1.11 bits per heavy atom. The third kappa shape index (κ3) is 5.47. The molecule has 7 heteroatoms. The Bertz CT molecular complexity index is 845. The molecule has 0 fully saturated rings. The predicted octanol–water partition coefficient (Wildman–Crippen LogP) is 2.43. The summed E-state index contributed by atoms with van der Waals surface area (Å²) >= 11 is 0. The zero-order chi connectivity index (χ0) is 19.6. The van der Waals surface area contributed by atoms with Gasteiger partial charge in [-0.25, -0.2) is 0 Å². The van der Waals surface area contributed by atoms with E-state index in [9.17, 15) is 9.59 Å². The number of methoxy groups -OCH3 is 1. The molecule has 2 amide bonds. The molecule has 27 heavy (non-hydrogen) atoms. The Kier molecular flexibility index (Phi) is 7.20. The summed E-state index contributed by atoms with van der Waals surface area (Å²) in [6.07, 6.45) is 0. The first-order chi connectivity index (χ1) is 13.1. The molecule has 2 rings (SSSR count). The van der Waals surface area contributed by atoms with Crippen molar-refractivity contribution in [1.29, 1.82) is 5.26 Å². The van der Waals surface area contributed by atoms with Gasteiger partial charge in [0.2, 0.25) is 5.91 Å². The van der Waals surface area contributed by atoms with E-state index in [0.717, 1.165) is 0 Å². The first-order valence-electron chi connectivity index (χ1n) is 8.41. The van der Waals surface area contributed by atoms with E-state index in [4.69, 9.17) is 14.7 Å². The number of nitriles is 1. The van der Waals surface area contributed by atoms with Gasteiger partial charge in [-0.1, -0.05) is 24.3 Å². The van der Waals surface area contributed by atoms with E-state index in [1.807, 2.05) is 6.07 Å². The first kappa shape index (κ1) is 19.8. The van der Waals surface area contributed by atoms with Gasteiger partial charge in [-0.15, -0.1) is 0 Å². The van der Waals surface area contributed by atoms with E-state index in [0.29, 0.717) is 29.3 Å². The van der Waals surface area contributed by atoms with Crippen molar-refractivity contribution in [2.45, 2.75) is 6.92 Å². The molecule has 2 aromatic carbocycles. The molecule has 0 aliphatic heterocycles. The average molecular weight is 367 g/mol. The number of amides is 2. The van der Waals surface area contributed by atoms with E-state index in [1.165, 1.54) is 12.0 Å². The zero-order valence-electron chi connectivity index (χ0n) is 15.3. The highest BCUT2D eigenvalue weighted by Gasteiger charge is 2.17. The van der Waals surface area contributed by atoms with Crippen LogP contribution in [0, 0.1) is 11.3 Å². The Hall–Kier alpha value is -3.53. The average Bonchev–Trinajstić information content (AvgIpc) is 2.70. The van der Waals surface area contributed by atoms with Crippen molar-refractivity contribution >= 4 is 17.5 Å². The molecule has 0 aliphatic rings. The van der Waals surface area contributed by atoms with Gasteiger partial charge in [0, 0.05) is 6.54 Å². The van der Waals surface area contributed by atoms with Crippen LogP contribution in [0.1, 0.15) is 12.5 Å². The molecule has 0 unspecified atom stereocenters. The van der Waals surface area contributed by atoms with Gasteiger partial charge in [-0.2, -0.15) is 5.26 Å². The zero-order valence-corrected chi connectivity index (χ0v) is 15.3. The lowest BCUT2D eigenvalue weighted by molar-refractivity contribution is -0.136. The van der Waals surface area contributed by atoms with Crippen LogP contribution < -0.4 is 14.8 Å². The number of nitrogens with one attached hydrogen (secondary N) is 1. The maximum absolute atomic E-state index is 12.4. The van der Waals surface area contributed by atoms with Crippen molar-refractivity contribution in [3.63, 3.8) is 0 Å². The maximum Gasteiger partial charge on any atom is 0.260 e. The molecule has 0 saturated heterocycles. The molecule has 2 aromatic rings. The monoisotopic (exact) mass is 367 g/mol. The minimum Gasteiger partial charge on any atom is -0.495 e. The van der Waals surface area contributed by atoms with Crippen molar-refractivity contribution in [3.8, 4) is 17.6 Å². The number of para-hydroxylation sites is 3. The third-order valence-electron chi connectivity index (χ3n) is 3.81. The summed E-state index contributed by atoms with van der Waals surface area (Å²) < 4.78 is 10.6. The lowest BCUT2D eigenvalue weighted by Crippen LogP contribution is -2.40. The number of anilines is 1. The standard InChI is InChI=1S/C20H21N3O4/c1-3-23(13-19(24)22-16-9-5-7-11-18(16)26-2)20(25)14-27-17-10-6-4-8-15(17)12-21/h4-11H,3,13-14H2,1-2H3,(H,22,24). The van der Waals surface area contributed by atoms with Crippen LogP contribution in [-0.4, -0.2) is 43.5 Å². The first-order valence-corrected chi connectivity index (χ1v) is 8.41. The van der Waals surface area contributed by atoms with Crippen LogP contribution in [0.15, 0.2) is 48.5 Å². The van der Waals surface area contributed by atoms with Gasteiger partial charge in [0.05, 0.1) is 24.9 Å². The van der Waals surface area contributed by atoms with Crippen LogP contribution in [0.5, 0.6) is 11.5 Å². The second kappa shape index (κ2) is 9.82. The molecule has 140 valence electrons. The Balaban J connectivity index is 1.94. The third-order valence-corrected chi connectivity index (χ3v) is 3.81. The second-order valence-corrected chi connectivity index (χ2v) is 5.55. The predicted molar refractivity (Wildman–Crippen MR) is 101 cm³/mol. The Labute approximate surface area is 158 Å². The highest BCUT2D eigenvalue weighted by Crippen LogP contribution is 2.22. The van der Waals surface area contributed by atoms with Crippen molar-refractivity contribution in [2.24, 2.45) is 0 Å². The van der Waals surface area contributed by atoms with E-state index < -0.39 is 0 Å². The van der Waals surface area contributed by atoms with E-state index in [1.54, 1.807) is 55.5 Å². The van der Waals surface area contributed by atoms with Crippen LogP contribution >= 0.6 is 0 Å². The number of carbonyl (C=O) groups excluding carboxylic acids is 2. The highest BCUT2D eigenvalue weighted by atomic mass is 16.5. The van der Waals surface area contributed by atoms with E-state index in [-0.39, 0.29) is 25.0 Å². The van der Waals surface area contributed by atoms with E-state index >= 15 is 0 Å². The van der Waals surface area contributed by atoms with Crippen LogP contribution in [-0.2, 0) is 9.59 Å². The van der Waals surface area contributed by atoms with Crippen LogP contribution in [0.4, 0.5) is 5.69 Å². The van der Waals surface area contributed by atoms with E-state index in [2.05, 4.69) is 5.32 Å². The largest absolute Gasteiger partial charge is 0.495 e. The number of carbonyl (C=O) groups is 2. The fraction of sp³-hybridized carbons (Fsp3) is 0.250. The number of nitrogens with zero attached hydrogens (tertiary/aromatic N) is 2. The normalized spacial score (nSPS) is 9.81. The van der Waals surface area contributed by atoms with Crippen LogP contribution in [0.3, 0.4) is 0 Å². The summed E-state index contributed by atoms with van der Waals surface area (Å²) in [6.45, 7) is 1.75. The number of ether oxygens (including phenoxy) is 2. The van der Waals surface area contributed by atoms with Crippen molar-refractivity contribution in [2.75, 3.05) is 32.1 Å². The minimum atomic E-state index is -0.347. The quantitative estimate of drug-likeness (QED) is 0.774. The van der Waals surface area contributed by atoms with Crippen molar-refractivity contribution in [3.05, 3.63) is 54.1 Å². The second-order valence-electron chi connectivity index (χ2n) is 5.55. The summed E-state index contributed by atoms with van der Waals surface area (Å²) in [7, 11) is 1.52. The maximum atomic E-state index is 12.4. The molecular formula is C20H21N3O4. The Morgan fingerprint density at radius 3 is 2.44 bits per heavy atom. The molecule has 1 N–H and O–H groups in total. The number of benzene rings is 2. The molecule has 0 spiro atoms. The highest BCUT2D eigenvalue weighted by molar-refractivity contribution is 5.95. The smallest absolute Gasteiger partial charge is 0.260 e. The number of rotatable bonds is 8. The molecule has 7 nitrogen and oxygen atoms in total. The van der Waals surface area contributed by atoms with Crippen LogP contribution in [0.2, 0.25) is 0 Å². The number of hydrogen-bond donors (Lipinski definition) is 1.